The molecule has 0 saturated heterocycles. The van der Waals surface area contributed by atoms with Gasteiger partial charge < -0.3 is 0 Å². The first-order valence-corrected chi connectivity index (χ1v) is 2.12. The fraction of sp³-hybridized carbons (Fsp3) is 0.600. The molecule has 0 aliphatic carbocycles. The maximum atomic E-state index is 10.0. The summed E-state index contributed by atoms with van der Waals surface area (Å²) in [6, 6.07) is 0. The quantitative estimate of drug-likeness (QED) is 0.556. The molecule has 0 spiro atoms. The van der Waals surface area contributed by atoms with Gasteiger partial charge >= 0.3 is 0 Å². The van der Waals surface area contributed by atoms with Crippen LogP contribution in [0.3, 0.4) is 0 Å². The van der Waals surface area contributed by atoms with Crippen LogP contribution in [-0.4, -0.2) is 11.6 Å². The summed E-state index contributed by atoms with van der Waals surface area (Å²) in [5.41, 5.74) is 0. The van der Waals surface area contributed by atoms with E-state index < -0.39 is 0 Å². The predicted octanol–water partition coefficient (Wildman–Crippen LogP) is 0.704. The molecular weight excluding hydrogens is 290 g/mol. The molecule has 0 aromatic heterocycles. The molecule has 52 valence electrons. The second-order valence-corrected chi connectivity index (χ2v) is 1.58. The summed E-state index contributed by atoms with van der Waals surface area (Å²) in [7, 11) is 0. The molecule has 0 atom stereocenters. The zero-order valence-electron chi connectivity index (χ0n) is 5.43. The van der Waals surface area contributed by atoms with Gasteiger partial charge in [0, 0.05) is 25.8 Å². The molecule has 0 aromatic carbocycles. The van der Waals surface area contributed by atoms with Crippen LogP contribution in [0.15, 0.2) is 0 Å². The number of hydrogen-bond acceptors (Lipinski definition) is 2. The molecule has 9 heavy (non-hydrogen) atoms. The monoisotopic (exact) mass is 300 g/mol. The third-order valence-electron chi connectivity index (χ3n) is 0.498. The summed E-state index contributed by atoms with van der Waals surface area (Å²) in [4.78, 5) is 20.1. The van der Waals surface area contributed by atoms with Crippen molar-refractivity contribution < 1.29 is 40.1 Å². The van der Waals surface area contributed by atoms with Crippen LogP contribution in [0.2, 0.25) is 0 Å². The SMILES string of the molecule is CC(=O)CC(C)=O.F.[Hf]. The van der Waals surface area contributed by atoms with Gasteiger partial charge in [-0.25, -0.2) is 0 Å². The van der Waals surface area contributed by atoms with Crippen molar-refractivity contribution in [2.45, 2.75) is 20.3 Å². The molecule has 0 rings (SSSR count). The minimum absolute atomic E-state index is 0. The van der Waals surface area contributed by atoms with E-state index in [0.717, 1.165) is 0 Å². The van der Waals surface area contributed by atoms with Crippen molar-refractivity contribution in [2.24, 2.45) is 0 Å². The van der Waals surface area contributed by atoms with E-state index in [2.05, 4.69) is 0 Å². The van der Waals surface area contributed by atoms with Crippen LogP contribution >= 0.6 is 0 Å². The smallest absolute Gasteiger partial charge is 0.137 e. The third kappa shape index (κ3) is 17.9. The zero-order chi connectivity index (χ0) is 5.86. The Morgan fingerprint density at radius 3 is 1.33 bits per heavy atom. The van der Waals surface area contributed by atoms with Gasteiger partial charge in [0.25, 0.3) is 0 Å². The van der Waals surface area contributed by atoms with Gasteiger partial charge in [-0.2, -0.15) is 0 Å². The number of ketones is 2. The summed E-state index contributed by atoms with van der Waals surface area (Å²) < 4.78 is 0. The summed E-state index contributed by atoms with van der Waals surface area (Å²) >= 11 is 0. The number of rotatable bonds is 2. The molecule has 0 unspecified atom stereocenters. The van der Waals surface area contributed by atoms with Crippen LogP contribution < -0.4 is 0 Å². The van der Waals surface area contributed by atoms with E-state index >= 15 is 0 Å². The van der Waals surface area contributed by atoms with Crippen LogP contribution in [-0.2, 0) is 35.4 Å². The zero-order valence-corrected chi connectivity index (χ0v) is 9.02. The summed E-state index contributed by atoms with van der Waals surface area (Å²) in [6.07, 6.45) is 0.0833. The Morgan fingerprint density at radius 2 is 1.33 bits per heavy atom. The first-order chi connectivity index (χ1) is 3.13. The van der Waals surface area contributed by atoms with Crippen molar-refractivity contribution in [3.8, 4) is 0 Å². The van der Waals surface area contributed by atoms with E-state index in [1.54, 1.807) is 0 Å². The van der Waals surface area contributed by atoms with Gasteiger partial charge in [0.2, 0.25) is 0 Å². The molecule has 0 aliphatic rings. The Hall–Kier alpha value is 0.140. The first-order valence-electron chi connectivity index (χ1n) is 2.12. The first kappa shape index (κ1) is 16.1. The molecule has 0 aliphatic heterocycles. The maximum absolute atomic E-state index is 10.0. The molecule has 0 fully saturated rings. The molecule has 0 radical (unpaired) electrons. The average molecular weight is 299 g/mol. The number of Topliss-reactive ketones (excluding diaryl/α,β-unsaturated/α-hetero) is 2. The standard InChI is InChI=1S/C5H8O2.FH.Hf/c1-4(6)3-5(2)7;;/h3H2,1-2H3;1H;. The second kappa shape index (κ2) is 8.14. The maximum Gasteiger partial charge on any atom is 0.137 e. The Morgan fingerprint density at radius 1 is 1.11 bits per heavy atom. The summed E-state index contributed by atoms with van der Waals surface area (Å²) in [5.74, 6) is -0.125. The van der Waals surface area contributed by atoms with E-state index in [9.17, 15) is 9.59 Å². The van der Waals surface area contributed by atoms with E-state index in [1.165, 1.54) is 13.8 Å². The fourth-order valence-electron chi connectivity index (χ4n) is 0.351. The number of carbonyl (C=O) groups excluding carboxylic acids is 2. The van der Waals surface area contributed by atoms with Crippen molar-refractivity contribution in [1.82, 2.24) is 0 Å². The molecule has 0 N–H and O–H groups in total. The molecule has 0 bridgehead atoms. The van der Waals surface area contributed by atoms with E-state index in [0.29, 0.717) is 0 Å². The van der Waals surface area contributed by atoms with Gasteiger partial charge in [-0.15, -0.1) is 0 Å². The Labute approximate surface area is 72.2 Å². The fourth-order valence-corrected chi connectivity index (χ4v) is 0.351. The number of hydrogen-bond donors (Lipinski definition) is 0. The summed E-state index contributed by atoms with van der Waals surface area (Å²) in [6.45, 7) is 2.81. The van der Waals surface area contributed by atoms with Crippen LogP contribution in [0.5, 0.6) is 0 Å². The minimum atomic E-state index is -0.0625. The Kier molecular flexibility index (Phi) is 14.5. The molecule has 2 nitrogen and oxygen atoms in total. The van der Waals surface area contributed by atoms with Crippen LogP contribution in [0.1, 0.15) is 20.3 Å². The Bertz CT molecular complexity index is 91.1. The van der Waals surface area contributed by atoms with Crippen LogP contribution in [0.4, 0.5) is 4.70 Å². The normalized spacial score (nSPS) is 6.44. The van der Waals surface area contributed by atoms with Crippen molar-refractivity contribution >= 4 is 11.6 Å². The number of carbonyl (C=O) groups is 2. The summed E-state index contributed by atoms with van der Waals surface area (Å²) in [5, 5.41) is 0. The predicted molar refractivity (Wildman–Crippen MR) is 28.5 cm³/mol. The average Bonchev–Trinajstić information content (AvgIpc) is 1.27. The molecule has 4 heteroatoms. The van der Waals surface area contributed by atoms with Crippen molar-refractivity contribution in [3.05, 3.63) is 0 Å². The topological polar surface area (TPSA) is 34.1 Å². The van der Waals surface area contributed by atoms with Crippen molar-refractivity contribution in [1.29, 1.82) is 0 Å². The molecule has 0 saturated carbocycles. The minimum Gasteiger partial charge on any atom is -0.300 e. The second-order valence-electron chi connectivity index (χ2n) is 1.58. The molecular formula is C5H9FHfO2. The van der Waals surface area contributed by atoms with Gasteiger partial charge in [-0.1, -0.05) is 0 Å². The van der Waals surface area contributed by atoms with E-state index in [-0.39, 0.29) is 48.5 Å². The van der Waals surface area contributed by atoms with Crippen LogP contribution in [0, 0.1) is 0 Å². The van der Waals surface area contributed by atoms with Crippen LogP contribution in [0.25, 0.3) is 0 Å². The van der Waals surface area contributed by atoms with Gasteiger partial charge in [0.05, 0.1) is 6.42 Å². The molecule has 0 amide bonds. The van der Waals surface area contributed by atoms with Gasteiger partial charge in [0.1, 0.15) is 11.6 Å². The molecule has 0 aromatic rings. The Balaban J connectivity index is -0.000000180. The van der Waals surface area contributed by atoms with Crippen molar-refractivity contribution in [3.63, 3.8) is 0 Å². The van der Waals surface area contributed by atoms with E-state index in [1.807, 2.05) is 0 Å². The van der Waals surface area contributed by atoms with Gasteiger partial charge in [-0.05, 0) is 13.8 Å². The molecule has 0 heterocycles. The largest absolute Gasteiger partial charge is 0.300 e. The van der Waals surface area contributed by atoms with Gasteiger partial charge in [-0.3, -0.25) is 14.3 Å². The third-order valence-corrected chi connectivity index (χ3v) is 0.498. The van der Waals surface area contributed by atoms with E-state index in [4.69, 9.17) is 0 Å². The van der Waals surface area contributed by atoms with Gasteiger partial charge in [0.15, 0.2) is 0 Å². The van der Waals surface area contributed by atoms with Crippen molar-refractivity contribution in [2.75, 3.05) is 0 Å². The number of halogens is 1.